The number of phenols is 1. The molecule has 6 nitrogen and oxygen atoms in total. The van der Waals surface area contributed by atoms with Gasteiger partial charge >= 0.3 is 0 Å². The number of amides is 1. The molecular weight excluding hydrogens is 323 g/mol. The third-order valence-corrected chi connectivity index (χ3v) is 4.43. The molecule has 0 bridgehead atoms. The van der Waals surface area contributed by atoms with E-state index in [-0.39, 0.29) is 11.7 Å². The van der Waals surface area contributed by atoms with Crippen molar-refractivity contribution < 1.29 is 14.3 Å². The predicted octanol–water partition coefficient (Wildman–Crippen LogP) is 1.84. The Morgan fingerprint density at radius 1 is 1.40 bits per heavy atom. The number of hydrogen-bond acceptors (Lipinski definition) is 3. The van der Waals surface area contributed by atoms with Crippen LogP contribution in [0.25, 0.3) is 0 Å². The molecule has 1 aliphatic heterocycles. The number of piperidine rings is 1. The van der Waals surface area contributed by atoms with Gasteiger partial charge in [0.05, 0.1) is 6.54 Å². The van der Waals surface area contributed by atoms with Crippen molar-refractivity contribution in [1.82, 2.24) is 15.5 Å². The van der Waals surface area contributed by atoms with Crippen LogP contribution in [0, 0.1) is 11.7 Å². The van der Waals surface area contributed by atoms with Crippen molar-refractivity contribution in [2.75, 3.05) is 26.7 Å². The molecule has 1 aliphatic rings. The maximum Gasteiger partial charge on any atom is 0.220 e. The van der Waals surface area contributed by atoms with E-state index in [1.807, 2.05) is 6.92 Å². The lowest BCUT2D eigenvalue weighted by molar-refractivity contribution is -0.121. The molecule has 138 valence electrons. The standard InChI is InChI=1S/C18H27FN4O2/c1-3-21-18(22-12-14-4-5-16(24)15(19)10-14)23-8-6-13(7-9-23)11-17(25)20-2/h4-5,10,13,24H,3,6-9,11-12H2,1-2H3,(H,20,25)(H,21,22). The summed E-state index contributed by atoms with van der Waals surface area (Å²) in [7, 11) is 1.67. The van der Waals surface area contributed by atoms with Crippen molar-refractivity contribution in [3.8, 4) is 5.75 Å². The first kappa shape index (κ1) is 19.0. The number of guanidine groups is 1. The number of nitrogens with zero attached hydrogens (tertiary/aromatic N) is 2. The Hall–Kier alpha value is -2.31. The van der Waals surface area contributed by atoms with Gasteiger partial charge in [-0.25, -0.2) is 9.38 Å². The molecule has 0 aromatic heterocycles. The number of halogens is 1. The first-order chi connectivity index (χ1) is 12.0. The number of likely N-dealkylation sites (tertiary alicyclic amines) is 1. The highest BCUT2D eigenvalue weighted by molar-refractivity contribution is 5.80. The lowest BCUT2D eigenvalue weighted by Crippen LogP contribution is -2.46. The molecule has 0 aliphatic carbocycles. The van der Waals surface area contributed by atoms with Crippen LogP contribution in [0.4, 0.5) is 4.39 Å². The molecule has 1 aromatic rings. The molecule has 1 aromatic carbocycles. The summed E-state index contributed by atoms with van der Waals surface area (Å²) in [6, 6.07) is 4.32. The zero-order valence-corrected chi connectivity index (χ0v) is 14.9. The number of carbonyl (C=O) groups is 1. The van der Waals surface area contributed by atoms with E-state index in [4.69, 9.17) is 0 Å². The van der Waals surface area contributed by atoms with Crippen LogP contribution < -0.4 is 10.6 Å². The quantitative estimate of drug-likeness (QED) is 0.559. The summed E-state index contributed by atoms with van der Waals surface area (Å²) < 4.78 is 13.4. The summed E-state index contributed by atoms with van der Waals surface area (Å²) in [5.74, 6) is 0.318. The Morgan fingerprint density at radius 3 is 2.72 bits per heavy atom. The molecule has 25 heavy (non-hydrogen) atoms. The van der Waals surface area contributed by atoms with Gasteiger partial charge in [0, 0.05) is 33.1 Å². The molecule has 0 spiro atoms. The van der Waals surface area contributed by atoms with Gasteiger partial charge in [0.2, 0.25) is 5.91 Å². The fourth-order valence-corrected chi connectivity index (χ4v) is 2.95. The molecule has 3 N–H and O–H groups in total. The van der Waals surface area contributed by atoms with Crippen molar-refractivity contribution in [2.24, 2.45) is 10.9 Å². The Balaban J connectivity index is 1.96. The molecule has 0 atom stereocenters. The zero-order chi connectivity index (χ0) is 18.2. The van der Waals surface area contributed by atoms with Gasteiger partial charge in [0.15, 0.2) is 17.5 Å². The number of phenolic OH excluding ortho intramolecular Hbond substituents is 1. The van der Waals surface area contributed by atoms with Gasteiger partial charge in [-0.15, -0.1) is 0 Å². The Kier molecular flexibility index (Phi) is 7.03. The smallest absolute Gasteiger partial charge is 0.220 e. The maximum absolute atomic E-state index is 13.4. The summed E-state index contributed by atoms with van der Waals surface area (Å²) >= 11 is 0. The molecule has 1 amide bonds. The zero-order valence-electron chi connectivity index (χ0n) is 14.9. The van der Waals surface area contributed by atoms with E-state index in [1.165, 1.54) is 12.1 Å². The van der Waals surface area contributed by atoms with Crippen LogP contribution in [-0.2, 0) is 11.3 Å². The van der Waals surface area contributed by atoms with Gasteiger partial charge < -0.3 is 20.6 Å². The fraction of sp³-hybridized carbons (Fsp3) is 0.556. The van der Waals surface area contributed by atoms with Crippen molar-refractivity contribution in [1.29, 1.82) is 0 Å². The topological polar surface area (TPSA) is 77.0 Å². The second-order valence-electron chi connectivity index (χ2n) is 6.26. The number of hydrogen-bond donors (Lipinski definition) is 3. The third kappa shape index (κ3) is 5.62. The second-order valence-corrected chi connectivity index (χ2v) is 6.26. The van der Waals surface area contributed by atoms with Crippen molar-refractivity contribution in [3.05, 3.63) is 29.6 Å². The van der Waals surface area contributed by atoms with Crippen LogP contribution in [0.15, 0.2) is 23.2 Å². The van der Waals surface area contributed by atoms with E-state index in [1.54, 1.807) is 13.1 Å². The number of rotatable bonds is 5. The van der Waals surface area contributed by atoms with Gasteiger partial charge in [0.25, 0.3) is 0 Å². The Bertz CT molecular complexity index is 613. The minimum absolute atomic E-state index is 0.0911. The van der Waals surface area contributed by atoms with Crippen molar-refractivity contribution >= 4 is 11.9 Å². The molecule has 7 heteroatoms. The van der Waals surface area contributed by atoms with Crippen LogP contribution in [0.3, 0.4) is 0 Å². The van der Waals surface area contributed by atoms with Crippen LogP contribution in [0.2, 0.25) is 0 Å². The summed E-state index contributed by atoms with van der Waals surface area (Å²) in [5, 5.41) is 15.2. The molecule has 0 unspecified atom stereocenters. The van der Waals surface area contributed by atoms with E-state index in [0.29, 0.717) is 24.4 Å². The summed E-state index contributed by atoms with van der Waals surface area (Å²) in [5.41, 5.74) is 0.709. The minimum atomic E-state index is -0.632. The number of carbonyl (C=O) groups excluding carboxylic acids is 1. The highest BCUT2D eigenvalue weighted by Crippen LogP contribution is 2.21. The van der Waals surface area contributed by atoms with Gasteiger partial charge in [-0.1, -0.05) is 6.07 Å². The molecular formula is C18H27FN4O2. The molecule has 0 radical (unpaired) electrons. The largest absolute Gasteiger partial charge is 0.505 e. The number of benzene rings is 1. The van der Waals surface area contributed by atoms with Crippen LogP contribution >= 0.6 is 0 Å². The van der Waals surface area contributed by atoms with Gasteiger partial charge in [0.1, 0.15) is 0 Å². The lowest BCUT2D eigenvalue weighted by atomic mass is 9.93. The molecule has 1 fully saturated rings. The van der Waals surface area contributed by atoms with E-state index in [0.717, 1.165) is 38.4 Å². The normalized spacial score (nSPS) is 16.0. The number of aliphatic imine (C=N–C) groups is 1. The summed E-state index contributed by atoms with van der Waals surface area (Å²) in [4.78, 5) is 18.3. The Morgan fingerprint density at radius 2 is 2.12 bits per heavy atom. The van der Waals surface area contributed by atoms with Gasteiger partial charge in [-0.3, -0.25) is 4.79 Å². The minimum Gasteiger partial charge on any atom is -0.505 e. The predicted molar refractivity (Wildman–Crippen MR) is 95.9 cm³/mol. The van der Waals surface area contributed by atoms with Gasteiger partial charge in [-0.05, 0) is 43.4 Å². The monoisotopic (exact) mass is 350 g/mol. The van der Waals surface area contributed by atoms with Gasteiger partial charge in [-0.2, -0.15) is 0 Å². The molecule has 1 heterocycles. The SMILES string of the molecule is CCNC(=NCc1ccc(O)c(F)c1)N1CCC(CC(=O)NC)CC1. The maximum atomic E-state index is 13.4. The van der Waals surface area contributed by atoms with E-state index in [9.17, 15) is 14.3 Å². The third-order valence-electron chi connectivity index (χ3n) is 4.43. The van der Waals surface area contributed by atoms with E-state index < -0.39 is 5.82 Å². The first-order valence-corrected chi connectivity index (χ1v) is 8.74. The number of nitrogens with one attached hydrogen (secondary N) is 2. The van der Waals surface area contributed by atoms with E-state index in [2.05, 4.69) is 20.5 Å². The average Bonchev–Trinajstić information content (AvgIpc) is 2.62. The molecule has 2 rings (SSSR count). The van der Waals surface area contributed by atoms with Crippen LogP contribution in [0.1, 0.15) is 31.7 Å². The fourth-order valence-electron chi connectivity index (χ4n) is 2.95. The lowest BCUT2D eigenvalue weighted by Gasteiger charge is -2.34. The number of aromatic hydroxyl groups is 1. The highest BCUT2D eigenvalue weighted by atomic mass is 19.1. The second kappa shape index (κ2) is 9.25. The molecule has 0 saturated carbocycles. The van der Waals surface area contributed by atoms with Crippen LogP contribution in [-0.4, -0.2) is 48.6 Å². The Labute approximate surface area is 148 Å². The average molecular weight is 350 g/mol. The van der Waals surface area contributed by atoms with E-state index >= 15 is 0 Å². The molecule has 1 saturated heterocycles. The summed E-state index contributed by atoms with van der Waals surface area (Å²) in [6.45, 7) is 4.79. The highest BCUT2D eigenvalue weighted by Gasteiger charge is 2.23. The van der Waals surface area contributed by atoms with Crippen molar-refractivity contribution in [2.45, 2.75) is 32.7 Å². The van der Waals surface area contributed by atoms with Crippen molar-refractivity contribution in [3.63, 3.8) is 0 Å². The first-order valence-electron chi connectivity index (χ1n) is 8.74. The van der Waals surface area contributed by atoms with Crippen LogP contribution in [0.5, 0.6) is 5.75 Å². The summed E-state index contributed by atoms with van der Waals surface area (Å²) in [6.07, 6.45) is 2.47.